The zero-order chi connectivity index (χ0) is 15.7. The highest BCUT2D eigenvalue weighted by Crippen LogP contribution is 2.31. The van der Waals surface area contributed by atoms with Gasteiger partial charge in [-0.1, -0.05) is 20.8 Å². The third-order valence-corrected chi connectivity index (χ3v) is 5.74. The van der Waals surface area contributed by atoms with Crippen LogP contribution < -0.4 is 11.5 Å². The van der Waals surface area contributed by atoms with Gasteiger partial charge in [-0.3, -0.25) is 4.79 Å². The van der Waals surface area contributed by atoms with Gasteiger partial charge in [0.05, 0.1) is 21.5 Å². The lowest BCUT2D eigenvalue weighted by Gasteiger charge is -2.16. The highest BCUT2D eigenvalue weighted by atomic mass is 32.2. The van der Waals surface area contributed by atoms with Crippen molar-refractivity contribution in [1.29, 1.82) is 0 Å². The molecule has 0 amide bonds. The number of hydrogen-bond acceptors (Lipinski definition) is 5. The average molecular weight is 298 g/mol. The summed E-state index contributed by atoms with van der Waals surface area (Å²) in [7, 11) is -3.58. The maximum atomic E-state index is 12.4. The van der Waals surface area contributed by atoms with Crippen molar-refractivity contribution in [3.05, 3.63) is 17.7 Å². The first-order valence-corrected chi connectivity index (χ1v) is 8.14. The summed E-state index contributed by atoms with van der Waals surface area (Å²) >= 11 is 0. The van der Waals surface area contributed by atoms with E-state index < -0.39 is 15.1 Å². The molecule has 5 nitrogen and oxygen atoms in total. The molecule has 0 bridgehead atoms. The van der Waals surface area contributed by atoms with E-state index in [4.69, 9.17) is 11.5 Å². The van der Waals surface area contributed by atoms with Crippen LogP contribution in [0.2, 0.25) is 0 Å². The summed E-state index contributed by atoms with van der Waals surface area (Å²) in [6.45, 7) is 6.89. The van der Waals surface area contributed by atoms with Crippen molar-refractivity contribution in [2.24, 2.45) is 5.92 Å². The number of anilines is 2. The van der Waals surface area contributed by atoms with E-state index in [0.717, 1.165) is 0 Å². The van der Waals surface area contributed by atoms with Crippen LogP contribution in [-0.4, -0.2) is 19.5 Å². The van der Waals surface area contributed by atoms with Gasteiger partial charge in [-0.05, 0) is 25.5 Å². The minimum absolute atomic E-state index is 0.0191. The van der Waals surface area contributed by atoms with E-state index in [9.17, 15) is 13.2 Å². The minimum Gasteiger partial charge on any atom is -0.397 e. The second-order valence-electron chi connectivity index (χ2n) is 5.26. The van der Waals surface area contributed by atoms with Crippen LogP contribution in [0.1, 0.15) is 44.5 Å². The maximum Gasteiger partial charge on any atom is 0.183 e. The number of carbonyl (C=O) groups is 1. The molecule has 0 saturated carbocycles. The molecule has 0 fully saturated rings. The first-order valence-electron chi connectivity index (χ1n) is 6.60. The largest absolute Gasteiger partial charge is 0.397 e. The van der Waals surface area contributed by atoms with Gasteiger partial charge in [0.1, 0.15) is 0 Å². The Labute approximate surface area is 120 Å². The lowest BCUT2D eigenvalue weighted by molar-refractivity contribution is 0.0939. The SMILES string of the molecule is CCC(C)S(=O)(=O)c1cc(C(=O)C(C)C)cc(N)c1N. The molecule has 0 heterocycles. The zero-order valence-electron chi connectivity index (χ0n) is 12.3. The Kier molecular flexibility index (Phi) is 4.81. The number of benzene rings is 1. The van der Waals surface area contributed by atoms with Crippen molar-refractivity contribution in [3.63, 3.8) is 0 Å². The Hall–Kier alpha value is -1.56. The molecule has 20 heavy (non-hydrogen) atoms. The Balaban J connectivity index is 3.53. The third-order valence-electron chi connectivity index (χ3n) is 3.39. The van der Waals surface area contributed by atoms with E-state index in [1.165, 1.54) is 12.1 Å². The molecular weight excluding hydrogens is 276 g/mol. The van der Waals surface area contributed by atoms with Gasteiger partial charge in [0.2, 0.25) is 0 Å². The molecule has 1 rings (SSSR count). The van der Waals surface area contributed by atoms with E-state index in [-0.39, 0.29) is 33.5 Å². The van der Waals surface area contributed by atoms with Gasteiger partial charge < -0.3 is 11.5 Å². The molecule has 0 saturated heterocycles. The molecule has 1 aromatic carbocycles. The fourth-order valence-corrected chi connectivity index (χ4v) is 3.38. The van der Waals surface area contributed by atoms with Crippen molar-refractivity contribution in [2.45, 2.75) is 44.3 Å². The number of Topliss-reactive ketones (excluding diaryl/α,β-unsaturated/α-hetero) is 1. The molecule has 0 aliphatic heterocycles. The van der Waals surface area contributed by atoms with Crippen molar-refractivity contribution < 1.29 is 13.2 Å². The van der Waals surface area contributed by atoms with Crippen molar-refractivity contribution in [3.8, 4) is 0 Å². The van der Waals surface area contributed by atoms with E-state index in [0.29, 0.717) is 6.42 Å². The second-order valence-corrected chi connectivity index (χ2v) is 7.59. The number of nitrogen functional groups attached to an aromatic ring is 2. The number of ketones is 1. The molecule has 1 unspecified atom stereocenters. The summed E-state index contributed by atoms with van der Waals surface area (Å²) in [5, 5.41) is -0.575. The first kappa shape index (κ1) is 16.5. The predicted octanol–water partition coefficient (Wildman–Crippen LogP) is 2.26. The molecule has 0 aliphatic rings. The third kappa shape index (κ3) is 2.95. The molecule has 4 N–H and O–H groups in total. The zero-order valence-corrected chi connectivity index (χ0v) is 13.1. The Morgan fingerprint density at radius 2 is 1.75 bits per heavy atom. The average Bonchev–Trinajstić information content (AvgIpc) is 2.39. The highest BCUT2D eigenvalue weighted by molar-refractivity contribution is 7.92. The number of carbonyl (C=O) groups excluding carboxylic acids is 1. The van der Waals surface area contributed by atoms with E-state index in [2.05, 4.69) is 0 Å². The fraction of sp³-hybridized carbons (Fsp3) is 0.500. The van der Waals surface area contributed by atoms with Crippen LogP contribution in [0, 0.1) is 5.92 Å². The van der Waals surface area contributed by atoms with Crippen LogP contribution in [0.4, 0.5) is 11.4 Å². The van der Waals surface area contributed by atoms with Crippen LogP contribution in [0.3, 0.4) is 0 Å². The quantitative estimate of drug-likeness (QED) is 0.641. The van der Waals surface area contributed by atoms with E-state index >= 15 is 0 Å². The standard InChI is InChI=1S/C14H22N2O3S/c1-5-9(4)20(18,19)12-7-10(14(17)8(2)3)6-11(15)13(12)16/h6-9H,5,15-16H2,1-4H3. The van der Waals surface area contributed by atoms with Crippen LogP contribution in [0.5, 0.6) is 0 Å². The van der Waals surface area contributed by atoms with Crippen molar-refractivity contribution in [2.75, 3.05) is 11.5 Å². The maximum absolute atomic E-state index is 12.4. The second kappa shape index (κ2) is 5.83. The summed E-state index contributed by atoms with van der Waals surface area (Å²) in [6.07, 6.45) is 0.462. The fourth-order valence-electron chi connectivity index (χ4n) is 1.80. The first-order chi connectivity index (χ1) is 9.12. The smallest absolute Gasteiger partial charge is 0.183 e. The molecule has 1 aromatic rings. The van der Waals surface area contributed by atoms with Crippen LogP contribution in [-0.2, 0) is 9.84 Å². The Morgan fingerprint density at radius 3 is 2.20 bits per heavy atom. The van der Waals surface area contributed by atoms with Gasteiger partial charge >= 0.3 is 0 Å². The van der Waals surface area contributed by atoms with Crippen LogP contribution in [0.15, 0.2) is 17.0 Å². The molecule has 112 valence electrons. The minimum atomic E-state index is -3.58. The van der Waals surface area contributed by atoms with Gasteiger partial charge in [-0.15, -0.1) is 0 Å². The topological polar surface area (TPSA) is 103 Å². The number of nitrogens with two attached hydrogens (primary N) is 2. The van der Waals surface area contributed by atoms with Crippen molar-refractivity contribution >= 4 is 27.0 Å². The monoisotopic (exact) mass is 298 g/mol. The number of sulfone groups is 1. The van der Waals surface area contributed by atoms with Gasteiger partial charge in [-0.25, -0.2) is 8.42 Å². The van der Waals surface area contributed by atoms with Gasteiger partial charge in [-0.2, -0.15) is 0 Å². The molecule has 1 atom stereocenters. The molecule has 0 radical (unpaired) electrons. The van der Waals surface area contributed by atoms with Gasteiger partial charge in [0, 0.05) is 11.5 Å². The van der Waals surface area contributed by atoms with Crippen molar-refractivity contribution in [1.82, 2.24) is 0 Å². The molecule has 0 aromatic heterocycles. The van der Waals surface area contributed by atoms with Crippen LogP contribution in [0.25, 0.3) is 0 Å². The summed E-state index contributed by atoms with van der Waals surface area (Å²) in [5.41, 5.74) is 12.0. The lowest BCUT2D eigenvalue weighted by atomic mass is 10.0. The molecular formula is C14H22N2O3S. The Bertz CT molecular complexity index is 622. The van der Waals surface area contributed by atoms with E-state index in [1.807, 2.05) is 0 Å². The van der Waals surface area contributed by atoms with E-state index in [1.54, 1.807) is 27.7 Å². The lowest BCUT2D eigenvalue weighted by Crippen LogP contribution is -2.20. The summed E-state index contributed by atoms with van der Waals surface area (Å²) in [5.74, 6) is -0.394. The number of hydrogen-bond donors (Lipinski definition) is 2. The predicted molar refractivity (Wildman–Crippen MR) is 81.4 cm³/mol. The van der Waals surface area contributed by atoms with Crippen LogP contribution >= 0.6 is 0 Å². The van der Waals surface area contributed by atoms with Gasteiger partial charge in [0.25, 0.3) is 0 Å². The molecule has 6 heteroatoms. The summed E-state index contributed by atoms with van der Waals surface area (Å²) in [4.78, 5) is 12.0. The number of rotatable bonds is 5. The summed E-state index contributed by atoms with van der Waals surface area (Å²) < 4.78 is 24.9. The molecule has 0 spiro atoms. The van der Waals surface area contributed by atoms with Gasteiger partial charge in [0.15, 0.2) is 15.6 Å². The Morgan fingerprint density at radius 1 is 1.20 bits per heavy atom. The normalized spacial score (nSPS) is 13.4. The highest BCUT2D eigenvalue weighted by Gasteiger charge is 2.27. The molecule has 0 aliphatic carbocycles. The summed E-state index contributed by atoms with van der Waals surface area (Å²) in [6, 6.07) is 2.78.